The average Bonchev–Trinajstić information content (AvgIpc) is 3.27. The number of benzene rings is 1. The van der Waals surface area contributed by atoms with Crippen molar-refractivity contribution in [1.82, 2.24) is 21.5 Å². The van der Waals surface area contributed by atoms with Gasteiger partial charge in [-0.2, -0.15) is 0 Å². The maximum atomic E-state index is 12.7. The molecule has 1 fully saturated rings. The zero-order valence-corrected chi connectivity index (χ0v) is 18.6. The molecule has 1 aliphatic heterocycles. The molecule has 1 saturated heterocycles. The number of hydrazine groups is 1. The number of rotatable bonds is 8. The number of thiocarbonyl (C=S) groups is 1. The molecule has 10 heteroatoms. The molecule has 2 amide bonds. The lowest BCUT2D eigenvalue weighted by molar-refractivity contribution is -0.124. The van der Waals surface area contributed by atoms with E-state index < -0.39 is 17.9 Å². The summed E-state index contributed by atoms with van der Waals surface area (Å²) in [6, 6.07) is 4.05. The third-order valence-electron chi connectivity index (χ3n) is 4.66. The normalized spacial score (nSPS) is 16.5. The molecule has 2 atom stereocenters. The number of carbonyl (C=O) groups excluding carboxylic acids is 2. The van der Waals surface area contributed by atoms with Gasteiger partial charge in [0.2, 0.25) is 0 Å². The van der Waals surface area contributed by atoms with Crippen molar-refractivity contribution < 1.29 is 23.8 Å². The molecule has 0 bridgehead atoms. The molecular formula is C20H30N4O5S. The zero-order chi connectivity index (χ0) is 22.1. The third kappa shape index (κ3) is 7.03. The summed E-state index contributed by atoms with van der Waals surface area (Å²) < 4.78 is 15.9. The van der Waals surface area contributed by atoms with Gasteiger partial charge < -0.3 is 24.8 Å². The minimum Gasteiger partial charge on any atom is -0.497 e. The van der Waals surface area contributed by atoms with E-state index in [1.165, 1.54) is 14.2 Å². The molecule has 2 rings (SSSR count). The molecule has 0 aromatic heterocycles. The van der Waals surface area contributed by atoms with Crippen molar-refractivity contribution in [3.8, 4) is 11.5 Å². The van der Waals surface area contributed by atoms with Gasteiger partial charge in [-0.25, -0.2) is 0 Å². The van der Waals surface area contributed by atoms with Crippen molar-refractivity contribution in [1.29, 1.82) is 0 Å². The quantitative estimate of drug-likeness (QED) is 0.353. The van der Waals surface area contributed by atoms with Crippen LogP contribution in [0.3, 0.4) is 0 Å². The van der Waals surface area contributed by atoms with Crippen LogP contribution in [0, 0.1) is 5.92 Å². The van der Waals surface area contributed by atoms with Crippen molar-refractivity contribution in [3.63, 3.8) is 0 Å². The van der Waals surface area contributed by atoms with Crippen LogP contribution < -0.4 is 31.0 Å². The van der Waals surface area contributed by atoms with E-state index >= 15 is 0 Å². The van der Waals surface area contributed by atoms with Gasteiger partial charge in [0.25, 0.3) is 11.8 Å². The van der Waals surface area contributed by atoms with E-state index in [0.29, 0.717) is 23.6 Å². The highest BCUT2D eigenvalue weighted by Crippen LogP contribution is 2.22. The molecule has 30 heavy (non-hydrogen) atoms. The molecule has 0 aliphatic carbocycles. The third-order valence-corrected chi connectivity index (χ3v) is 4.91. The van der Waals surface area contributed by atoms with Crippen molar-refractivity contribution in [2.24, 2.45) is 5.92 Å². The number of hydrogen-bond donors (Lipinski definition) is 4. The van der Waals surface area contributed by atoms with E-state index in [0.717, 1.165) is 19.4 Å². The van der Waals surface area contributed by atoms with Crippen LogP contribution in [-0.4, -0.2) is 56.4 Å². The summed E-state index contributed by atoms with van der Waals surface area (Å²) in [6.45, 7) is 5.01. The fourth-order valence-electron chi connectivity index (χ4n) is 2.95. The molecule has 1 aromatic rings. The van der Waals surface area contributed by atoms with Crippen molar-refractivity contribution in [2.75, 3.05) is 27.4 Å². The Balaban J connectivity index is 1.91. The van der Waals surface area contributed by atoms with Crippen LogP contribution in [0.15, 0.2) is 18.2 Å². The molecule has 4 N–H and O–H groups in total. The van der Waals surface area contributed by atoms with Crippen LogP contribution >= 0.6 is 12.2 Å². The first-order valence-corrected chi connectivity index (χ1v) is 10.2. The second-order valence-electron chi connectivity index (χ2n) is 7.26. The molecule has 9 nitrogen and oxygen atoms in total. The standard InChI is InChI=1S/C20H30N4O5S/c1-12(2)17(19(26)23-24-20(30)21-11-14-6-5-7-29-14)22-18(25)13-8-15(27-3)10-16(9-13)28-4/h8-10,12,14,17H,5-7,11H2,1-4H3,(H,22,25)(H,23,26)(H2,21,24,30)/t14-,17-/m0/s1. The zero-order valence-electron chi connectivity index (χ0n) is 17.7. The average molecular weight is 439 g/mol. The monoisotopic (exact) mass is 438 g/mol. The summed E-state index contributed by atoms with van der Waals surface area (Å²) in [5.74, 6) is -0.0185. The van der Waals surface area contributed by atoms with Gasteiger partial charge in [0.1, 0.15) is 17.5 Å². The SMILES string of the molecule is COc1cc(OC)cc(C(=O)N[C@H](C(=O)NNC(=S)NC[C@@H]2CCCO2)C(C)C)c1. The Hall–Kier alpha value is -2.59. The molecule has 0 unspecified atom stereocenters. The van der Waals surface area contributed by atoms with Gasteiger partial charge in [0.05, 0.1) is 20.3 Å². The summed E-state index contributed by atoms with van der Waals surface area (Å²) in [7, 11) is 3.00. The lowest BCUT2D eigenvalue weighted by Crippen LogP contribution is -2.56. The van der Waals surface area contributed by atoms with Crippen LogP contribution in [0.1, 0.15) is 37.0 Å². The lowest BCUT2D eigenvalue weighted by Gasteiger charge is -2.23. The van der Waals surface area contributed by atoms with E-state index in [9.17, 15) is 9.59 Å². The highest BCUT2D eigenvalue weighted by molar-refractivity contribution is 7.80. The summed E-state index contributed by atoms with van der Waals surface area (Å²) in [5, 5.41) is 6.04. The molecule has 1 heterocycles. The molecule has 0 radical (unpaired) electrons. The van der Waals surface area contributed by atoms with E-state index in [2.05, 4.69) is 21.5 Å². The Kier molecular flexibility index (Phi) is 9.13. The first-order chi connectivity index (χ1) is 14.3. The highest BCUT2D eigenvalue weighted by Gasteiger charge is 2.25. The molecule has 0 spiro atoms. The number of ether oxygens (including phenoxy) is 3. The van der Waals surface area contributed by atoms with Gasteiger partial charge in [0.15, 0.2) is 5.11 Å². The Bertz CT molecular complexity index is 730. The minimum absolute atomic E-state index is 0.128. The van der Waals surface area contributed by atoms with E-state index in [4.69, 9.17) is 26.4 Å². The van der Waals surface area contributed by atoms with Crippen molar-refractivity contribution in [2.45, 2.75) is 38.8 Å². The molecule has 0 saturated carbocycles. The summed E-state index contributed by atoms with van der Waals surface area (Å²) in [5.41, 5.74) is 5.53. The molecule has 1 aliphatic rings. The van der Waals surface area contributed by atoms with Crippen molar-refractivity contribution in [3.05, 3.63) is 23.8 Å². The number of carbonyl (C=O) groups is 2. The molecule has 166 valence electrons. The Morgan fingerprint density at radius 1 is 1.17 bits per heavy atom. The molecule has 1 aromatic carbocycles. The Morgan fingerprint density at radius 2 is 1.83 bits per heavy atom. The van der Waals surface area contributed by atoms with Crippen LogP contribution in [0.25, 0.3) is 0 Å². The summed E-state index contributed by atoms with van der Waals surface area (Å²) >= 11 is 5.17. The minimum atomic E-state index is -0.775. The lowest BCUT2D eigenvalue weighted by atomic mass is 10.0. The number of methoxy groups -OCH3 is 2. The number of hydrogen-bond acceptors (Lipinski definition) is 6. The predicted molar refractivity (Wildman–Crippen MR) is 116 cm³/mol. The number of nitrogens with one attached hydrogen (secondary N) is 4. The van der Waals surface area contributed by atoms with Gasteiger partial charge in [-0.3, -0.25) is 20.4 Å². The summed E-state index contributed by atoms with van der Waals surface area (Å²) in [6.07, 6.45) is 2.15. The summed E-state index contributed by atoms with van der Waals surface area (Å²) in [4.78, 5) is 25.3. The van der Waals surface area contributed by atoms with Gasteiger partial charge in [0, 0.05) is 24.8 Å². The first kappa shape index (κ1) is 23.7. The van der Waals surface area contributed by atoms with E-state index in [1.54, 1.807) is 18.2 Å². The van der Waals surface area contributed by atoms with Crippen LogP contribution in [0.5, 0.6) is 11.5 Å². The fourth-order valence-corrected chi connectivity index (χ4v) is 3.08. The predicted octanol–water partition coefficient (Wildman–Crippen LogP) is 1.13. The highest BCUT2D eigenvalue weighted by atomic mass is 32.1. The van der Waals surface area contributed by atoms with Gasteiger partial charge in [-0.1, -0.05) is 13.8 Å². The first-order valence-electron chi connectivity index (χ1n) is 9.83. The van der Waals surface area contributed by atoms with Crippen molar-refractivity contribution >= 4 is 29.1 Å². The number of amides is 2. The van der Waals surface area contributed by atoms with Gasteiger partial charge in [-0.15, -0.1) is 0 Å². The van der Waals surface area contributed by atoms with Crippen LogP contribution in [0.2, 0.25) is 0 Å². The second-order valence-corrected chi connectivity index (χ2v) is 7.66. The fraction of sp³-hybridized carbons (Fsp3) is 0.550. The largest absolute Gasteiger partial charge is 0.497 e. The van der Waals surface area contributed by atoms with Crippen LogP contribution in [0.4, 0.5) is 0 Å². The van der Waals surface area contributed by atoms with E-state index in [-0.39, 0.29) is 17.1 Å². The van der Waals surface area contributed by atoms with Gasteiger partial charge in [-0.05, 0) is 43.1 Å². The smallest absolute Gasteiger partial charge is 0.261 e. The Morgan fingerprint density at radius 3 is 2.37 bits per heavy atom. The Labute approximate surface area is 182 Å². The molecular weight excluding hydrogens is 408 g/mol. The van der Waals surface area contributed by atoms with E-state index in [1.807, 2.05) is 13.8 Å². The topological polar surface area (TPSA) is 110 Å². The maximum Gasteiger partial charge on any atom is 0.261 e. The maximum absolute atomic E-state index is 12.7. The van der Waals surface area contributed by atoms with Crippen LogP contribution in [-0.2, 0) is 9.53 Å². The van der Waals surface area contributed by atoms with Gasteiger partial charge >= 0.3 is 0 Å². The second kappa shape index (κ2) is 11.6.